The fourth-order valence-corrected chi connectivity index (χ4v) is 3.88. The molecular weight excluding hydrogens is 280 g/mol. The van der Waals surface area contributed by atoms with Gasteiger partial charge in [-0.15, -0.1) is 0 Å². The van der Waals surface area contributed by atoms with E-state index >= 15 is 0 Å². The average molecular weight is 300 g/mol. The maximum atomic E-state index is 12.7. The quantitative estimate of drug-likeness (QED) is 0.856. The van der Waals surface area contributed by atoms with Crippen molar-refractivity contribution in [2.24, 2.45) is 5.92 Å². The summed E-state index contributed by atoms with van der Waals surface area (Å²) in [6.45, 7) is 3.07. The third kappa shape index (κ3) is 2.01. The number of ketones is 1. The van der Waals surface area contributed by atoms with Gasteiger partial charge in [0.15, 0.2) is 17.3 Å². The summed E-state index contributed by atoms with van der Waals surface area (Å²) in [6.07, 6.45) is 3.85. The molecule has 0 spiro atoms. The zero-order valence-corrected chi connectivity index (χ0v) is 12.8. The van der Waals surface area contributed by atoms with Crippen molar-refractivity contribution in [2.45, 2.75) is 38.5 Å². The first kappa shape index (κ1) is 13.7. The highest BCUT2D eigenvalue weighted by Gasteiger charge is 2.44. The molecule has 3 aliphatic rings. The molecule has 0 unspecified atom stereocenters. The van der Waals surface area contributed by atoms with Crippen LogP contribution in [0.1, 0.15) is 44.1 Å². The van der Waals surface area contributed by atoms with Crippen LogP contribution in [0, 0.1) is 5.92 Å². The molecule has 2 aliphatic heterocycles. The van der Waals surface area contributed by atoms with Crippen LogP contribution in [0.3, 0.4) is 0 Å². The lowest BCUT2D eigenvalue weighted by Gasteiger charge is -2.22. The third-order valence-corrected chi connectivity index (χ3v) is 4.82. The minimum atomic E-state index is 0.00784. The van der Waals surface area contributed by atoms with Gasteiger partial charge in [-0.25, -0.2) is 0 Å². The fraction of sp³-hybridized carbons (Fsp3) is 0.500. The molecule has 0 fully saturated rings. The molecule has 0 bridgehead atoms. The summed E-state index contributed by atoms with van der Waals surface area (Å²) in [7, 11) is 0. The molecule has 4 rings (SSSR count). The highest BCUT2D eigenvalue weighted by Crippen LogP contribution is 2.49. The van der Waals surface area contributed by atoms with Gasteiger partial charge in [-0.2, -0.15) is 0 Å². The van der Waals surface area contributed by atoms with Gasteiger partial charge in [-0.3, -0.25) is 4.79 Å². The van der Waals surface area contributed by atoms with Crippen molar-refractivity contribution in [3.8, 4) is 11.5 Å². The van der Waals surface area contributed by atoms with Gasteiger partial charge >= 0.3 is 0 Å². The van der Waals surface area contributed by atoms with E-state index in [9.17, 15) is 4.79 Å². The predicted molar refractivity (Wildman–Crippen MR) is 80.9 cm³/mol. The SMILES string of the molecule is CCC[C@@H]1C(=O)C2=C(CCCO2)[C@@H]1c1ccc2c(c1)OCO2. The number of hydrogen-bond donors (Lipinski definition) is 0. The second-order valence-corrected chi connectivity index (χ2v) is 6.16. The van der Waals surface area contributed by atoms with Gasteiger partial charge < -0.3 is 14.2 Å². The summed E-state index contributed by atoms with van der Waals surface area (Å²) in [5.74, 6) is 2.55. The molecule has 2 atom stereocenters. The van der Waals surface area contributed by atoms with Gasteiger partial charge in [0.05, 0.1) is 6.61 Å². The molecule has 4 heteroatoms. The Morgan fingerprint density at radius 1 is 1.18 bits per heavy atom. The fourth-order valence-electron chi connectivity index (χ4n) is 3.88. The molecule has 1 aromatic rings. The van der Waals surface area contributed by atoms with Crippen LogP contribution in [0.5, 0.6) is 11.5 Å². The molecule has 0 saturated heterocycles. The second kappa shape index (κ2) is 5.34. The maximum absolute atomic E-state index is 12.7. The van der Waals surface area contributed by atoms with Crippen LogP contribution < -0.4 is 9.47 Å². The van der Waals surface area contributed by atoms with Gasteiger partial charge in [0.1, 0.15) is 0 Å². The topological polar surface area (TPSA) is 44.8 Å². The number of hydrogen-bond acceptors (Lipinski definition) is 4. The van der Waals surface area contributed by atoms with Crippen LogP contribution in [-0.2, 0) is 9.53 Å². The standard InChI is InChI=1S/C18H20O4/c1-2-4-12-16(13-5-3-8-20-18(13)17(12)19)11-6-7-14-15(9-11)22-10-21-14/h6-7,9,12,16H,2-5,8,10H2,1H3/t12-,16+/m0/s1. The Labute approximate surface area is 130 Å². The van der Waals surface area contributed by atoms with Crippen LogP contribution >= 0.6 is 0 Å². The van der Waals surface area contributed by atoms with Crippen LogP contribution in [0.25, 0.3) is 0 Å². The number of allylic oxidation sites excluding steroid dienone is 2. The van der Waals surface area contributed by atoms with E-state index in [2.05, 4.69) is 13.0 Å². The van der Waals surface area contributed by atoms with Gasteiger partial charge in [-0.05, 0) is 42.5 Å². The van der Waals surface area contributed by atoms with Crippen LogP contribution in [0.15, 0.2) is 29.5 Å². The molecule has 0 amide bonds. The average Bonchev–Trinajstić information content (AvgIpc) is 3.11. The molecule has 0 N–H and O–H groups in total. The number of carbonyl (C=O) groups is 1. The minimum Gasteiger partial charge on any atom is -0.490 e. The summed E-state index contributed by atoms with van der Waals surface area (Å²) in [5.41, 5.74) is 2.33. The summed E-state index contributed by atoms with van der Waals surface area (Å²) in [6, 6.07) is 6.06. The molecule has 0 radical (unpaired) electrons. The molecule has 1 aliphatic carbocycles. The van der Waals surface area contributed by atoms with Gasteiger partial charge in [-0.1, -0.05) is 19.4 Å². The van der Waals surface area contributed by atoms with Crippen molar-refractivity contribution >= 4 is 5.78 Å². The Bertz CT molecular complexity index is 646. The molecular formula is C18H20O4. The van der Waals surface area contributed by atoms with E-state index in [1.165, 1.54) is 5.57 Å². The molecule has 4 nitrogen and oxygen atoms in total. The number of carbonyl (C=O) groups excluding carboxylic acids is 1. The van der Waals surface area contributed by atoms with Gasteiger partial charge in [0, 0.05) is 11.8 Å². The van der Waals surface area contributed by atoms with Crippen LogP contribution in [0.4, 0.5) is 0 Å². The monoisotopic (exact) mass is 300 g/mol. The van der Waals surface area contributed by atoms with Crippen LogP contribution in [-0.4, -0.2) is 19.2 Å². The van der Waals surface area contributed by atoms with E-state index in [1.807, 2.05) is 12.1 Å². The van der Waals surface area contributed by atoms with Crippen molar-refractivity contribution in [3.05, 3.63) is 35.1 Å². The largest absolute Gasteiger partial charge is 0.490 e. The van der Waals surface area contributed by atoms with Gasteiger partial charge in [0.2, 0.25) is 12.6 Å². The second-order valence-electron chi connectivity index (χ2n) is 6.16. The Kier molecular flexibility index (Phi) is 3.32. The number of fused-ring (bicyclic) bond motifs is 1. The lowest BCUT2D eigenvalue weighted by Crippen LogP contribution is -2.17. The van der Waals surface area contributed by atoms with E-state index < -0.39 is 0 Å². The van der Waals surface area contributed by atoms with E-state index in [-0.39, 0.29) is 24.4 Å². The number of Topliss-reactive ketones (excluding diaryl/α,β-unsaturated/α-hetero) is 1. The summed E-state index contributed by atoms with van der Waals surface area (Å²) in [5, 5.41) is 0. The summed E-state index contributed by atoms with van der Waals surface area (Å²) < 4.78 is 16.6. The number of ether oxygens (including phenoxy) is 3. The molecule has 0 aromatic heterocycles. The minimum absolute atomic E-state index is 0.00784. The van der Waals surface area contributed by atoms with E-state index in [0.717, 1.165) is 42.7 Å². The maximum Gasteiger partial charge on any atom is 0.231 e. The highest BCUT2D eigenvalue weighted by molar-refractivity contribution is 6.00. The number of benzene rings is 1. The first-order valence-corrected chi connectivity index (χ1v) is 8.09. The van der Waals surface area contributed by atoms with Crippen molar-refractivity contribution in [3.63, 3.8) is 0 Å². The van der Waals surface area contributed by atoms with E-state index in [0.29, 0.717) is 12.4 Å². The lowest BCUT2D eigenvalue weighted by molar-refractivity contribution is -0.122. The molecule has 1 aromatic carbocycles. The third-order valence-electron chi connectivity index (χ3n) is 4.82. The Morgan fingerprint density at radius 2 is 2.05 bits per heavy atom. The zero-order chi connectivity index (χ0) is 15.1. The molecule has 2 heterocycles. The van der Waals surface area contributed by atoms with Crippen molar-refractivity contribution in [1.29, 1.82) is 0 Å². The smallest absolute Gasteiger partial charge is 0.231 e. The first-order valence-electron chi connectivity index (χ1n) is 8.09. The Hall–Kier alpha value is -1.97. The van der Waals surface area contributed by atoms with E-state index in [1.54, 1.807) is 0 Å². The van der Waals surface area contributed by atoms with Crippen molar-refractivity contribution in [1.82, 2.24) is 0 Å². The zero-order valence-electron chi connectivity index (χ0n) is 12.8. The summed E-state index contributed by atoms with van der Waals surface area (Å²) in [4.78, 5) is 12.7. The van der Waals surface area contributed by atoms with Crippen LogP contribution in [0.2, 0.25) is 0 Å². The van der Waals surface area contributed by atoms with Crippen molar-refractivity contribution in [2.75, 3.05) is 13.4 Å². The molecule has 22 heavy (non-hydrogen) atoms. The molecule has 0 saturated carbocycles. The number of rotatable bonds is 3. The Morgan fingerprint density at radius 3 is 2.91 bits per heavy atom. The first-order chi connectivity index (χ1) is 10.8. The molecule has 116 valence electrons. The lowest BCUT2D eigenvalue weighted by atomic mass is 9.80. The highest BCUT2D eigenvalue weighted by atomic mass is 16.7. The van der Waals surface area contributed by atoms with E-state index in [4.69, 9.17) is 14.2 Å². The van der Waals surface area contributed by atoms with Crippen molar-refractivity contribution < 1.29 is 19.0 Å². The Balaban J connectivity index is 1.76. The van der Waals surface area contributed by atoms with Gasteiger partial charge in [0.25, 0.3) is 0 Å². The summed E-state index contributed by atoms with van der Waals surface area (Å²) >= 11 is 0. The predicted octanol–water partition coefficient (Wildman–Crippen LogP) is 3.56. The normalized spacial score (nSPS) is 26.1.